The molecule has 3 heterocycles. The third kappa shape index (κ3) is 3.69. The van der Waals surface area contributed by atoms with E-state index in [1.807, 2.05) is 30.5 Å². The smallest absolute Gasteiger partial charge is 0.174 e. The van der Waals surface area contributed by atoms with Gasteiger partial charge >= 0.3 is 0 Å². The molecule has 1 saturated heterocycles. The van der Waals surface area contributed by atoms with Crippen molar-refractivity contribution >= 4 is 49.7 Å². The summed E-state index contributed by atoms with van der Waals surface area (Å²) in [6.07, 6.45) is 3.96. The Kier molecular flexibility index (Phi) is 5.40. The normalized spacial score (nSPS) is 17.8. The number of anilines is 1. The monoisotopic (exact) mass is 524 g/mol. The van der Waals surface area contributed by atoms with Gasteiger partial charge in [-0.05, 0) is 83.7 Å². The fourth-order valence-electron chi connectivity index (χ4n) is 4.73. The summed E-state index contributed by atoms with van der Waals surface area (Å²) in [7, 11) is 0. The predicted octanol–water partition coefficient (Wildman–Crippen LogP) is 6.97. The second kappa shape index (κ2) is 8.70. The maximum absolute atomic E-state index is 5.87. The van der Waals surface area contributed by atoms with E-state index < -0.39 is 0 Å². The minimum Gasteiger partial charge on any atom is -0.351 e. The first-order chi connectivity index (χ1) is 16.7. The Balaban J connectivity index is 1.51. The highest BCUT2D eigenvalue weighted by Gasteiger charge is 2.42. The van der Waals surface area contributed by atoms with Gasteiger partial charge in [-0.1, -0.05) is 52.3 Å². The second-order valence-corrected chi connectivity index (χ2v) is 9.61. The van der Waals surface area contributed by atoms with E-state index in [2.05, 4.69) is 115 Å². The van der Waals surface area contributed by atoms with E-state index >= 15 is 0 Å². The predicted molar refractivity (Wildman–Crippen MR) is 145 cm³/mol. The standard InChI is InChI=1S/C28H21BrN4S/c29-21-11-14-22(15-12-21)33-27(26(31-28(33)34)24-8-3-4-16-30-24)25-9-5-17-32(25)23-13-10-19-6-1-2-7-20(19)18-23/h1-18,26-27H,(H,31,34)/t26-,27+/m1/s1. The number of rotatable bonds is 4. The van der Waals surface area contributed by atoms with E-state index in [1.165, 1.54) is 10.8 Å². The molecule has 0 bridgehead atoms. The van der Waals surface area contributed by atoms with Crippen LogP contribution in [0.25, 0.3) is 16.5 Å². The Bertz CT molecular complexity index is 1480. The van der Waals surface area contributed by atoms with Crippen molar-refractivity contribution in [1.82, 2.24) is 14.9 Å². The summed E-state index contributed by atoms with van der Waals surface area (Å²) in [5, 5.41) is 6.68. The molecule has 5 aromatic rings. The molecule has 0 amide bonds. The Morgan fingerprint density at radius 1 is 0.794 bits per heavy atom. The lowest BCUT2D eigenvalue weighted by molar-refractivity contribution is 0.549. The molecule has 2 atom stereocenters. The van der Waals surface area contributed by atoms with Crippen molar-refractivity contribution in [2.24, 2.45) is 0 Å². The molecule has 166 valence electrons. The maximum Gasteiger partial charge on any atom is 0.174 e. The first-order valence-corrected chi connectivity index (χ1v) is 12.3. The summed E-state index contributed by atoms with van der Waals surface area (Å²) in [4.78, 5) is 6.88. The van der Waals surface area contributed by atoms with Crippen LogP contribution in [-0.4, -0.2) is 14.7 Å². The van der Waals surface area contributed by atoms with Crippen LogP contribution in [0.4, 0.5) is 5.69 Å². The fraction of sp³-hybridized carbons (Fsp3) is 0.0714. The molecule has 4 nitrogen and oxygen atoms in total. The summed E-state index contributed by atoms with van der Waals surface area (Å²) in [5.41, 5.74) is 4.25. The van der Waals surface area contributed by atoms with Crippen LogP contribution in [0.1, 0.15) is 23.5 Å². The Morgan fingerprint density at radius 2 is 1.56 bits per heavy atom. The number of nitrogens with one attached hydrogen (secondary N) is 1. The van der Waals surface area contributed by atoms with E-state index in [0.717, 1.165) is 27.2 Å². The third-order valence-corrected chi connectivity index (χ3v) is 7.14. The summed E-state index contributed by atoms with van der Waals surface area (Å²) in [6, 6.07) is 33.4. The summed E-state index contributed by atoms with van der Waals surface area (Å²) < 4.78 is 3.29. The number of aromatic nitrogens is 2. The van der Waals surface area contributed by atoms with Gasteiger partial charge in [0.1, 0.15) is 6.04 Å². The Morgan fingerprint density at radius 3 is 2.35 bits per heavy atom. The molecule has 0 saturated carbocycles. The number of nitrogens with zero attached hydrogens (tertiary/aromatic N) is 3. The van der Waals surface area contributed by atoms with Gasteiger partial charge in [-0.2, -0.15) is 0 Å². The van der Waals surface area contributed by atoms with Crippen molar-refractivity contribution < 1.29 is 0 Å². The number of benzene rings is 3. The number of hydrogen-bond donors (Lipinski definition) is 1. The summed E-state index contributed by atoms with van der Waals surface area (Å²) >= 11 is 9.43. The zero-order valence-corrected chi connectivity index (χ0v) is 20.6. The van der Waals surface area contributed by atoms with Gasteiger partial charge in [-0.15, -0.1) is 0 Å². The average Bonchev–Trinajstić information content (AvgIpc) is 3.49. The zero-order chi connectivity index (χ0) is 23.1. The number of thiocarbonyl (C=S) groups is 1. The minimum atomic E-state index is -0.0912. The molecule has 0 unspecified atom stereocenters. The van der Waals surface area contributed by atoms with E-state index in [0.29, 0.717) is 5.11 Å². The first-order valence-electron chi connectivity index (χ1n) is 11.1. The molecule has 2 aromatic heterocycles. The van der Waals surface area contributed by atoms with Gasteiger partial charge in [-0.25, -0.2) is 0 Å². The van der Waals surface area contributed by atoms with Gasteiger partial charge in [0.2, 0.25) is 0 Å². The van der Waals surface area contributed by atoms with Gasteiger partial charge in [0.25, 0.3) is 0 Å². The third-order valence-electron chi connectivity index (χ3n) is 6.30. The summed E-state index contributed by atoms with van der Waals surface area (Å²) in [6.45, 7) is 0. The lowest BCUT2D eigenvalue weighted by Gasteiger charge is -2.29. The molecule has 1 N–H and O–H groups in total. The number of halogens is 1. The highest BCUT2D eigenvalue weighted by molar-refractivity contribution is 9.10. The van der Waals surface area contributed by atoms with E-state index in [4.69, 9.17) is 12.2 Å². The summed E-state index contributed by atoms with van der Waals surface area (Å²) in [5.74, 6) is 0. The van der Waals surface area contributed by atoms with Crippen LogP contribution in [0.5, 0.6) is 0 Å². The molecule has 1 aliphatic heterocycles. The van der Waals surface area contributed by atoms with Crippen LogP contribution in [0.2, 0.25) is 0 Å². The molecule has 1 aliphatic rings. The van der Waals surface area contributed by atoms with Crippen LogP contribution in [0, 0.1) is 0 Å². The number of pyridine rings is 1. The van der Waals surface area contributed by atoms with E-state index in [-0.39, 0.29) is 12.1 Å². The molecule has 34 heavy (non-hydrogen) atoms. The fourth-order valence-corrected chi connectivity index (χ4v) is 5.34. The van der Waals surface area contributed by atoms with Crippen LogP contribution in [0.15, 0.2) is 114 Å². The molecule has 0 spiro atoms. The number of fused-ring (bicyclic) bond motifs is 1. The molecule has 6 rings (SSSR count). The molecular weight excluding hydrogens is 504 g/mol. The quantitative estimate of drug-likeness (QED) is 0.257. The van der Waals surface area contributed by atoms with Crippen molar-refractivity contribution in [2.75, 3.05) is 4.90 Å². The SMILES string of the molecule is S=C1N[C@H](c2ccccn2)[C@H](c2cccn2-c2ccc3ccccc3c2)N1c1ccc(Br)cc1. The van der Waals surface area contributed by atoms with Gasteiger partial charge < -0.3 is 14.8 Å². The lowest BCUT2D eigenvalue weighted by atomic mass is 10.0. The Labute approximate surface area is 212 Å². The zero-order valence-electron chi connectivity index (χ0n) is 18.2. The Hall–Kier alpha value is -3.48. The average molecular weight is 525 g/mol. The molecule has 6 heteroatoms. The van der Waals surface area contributed by atoms with Crippen molar-refractivity contribution in [3.63, 3.8) is 0 Å². The highest BCUT2D eigenvalue weighted by atomic mass is 79.9. The van der Waals surface area contributed by atoms with Gasteiger partial charge in [0.15, 0.2) is 5.11 Å². The van der Waals surface area contributed by atoms with Gasteiger partial charge in [0.05, 0.1) is 11.7 Å². The molecule has 3 aromatic carbocycles. The van der Waals surface area contributed by atoms with E-state index in [9.17, 15) is 0 Å². The van der Waals surface area contributed by atoms with Crippen LogP contribution in [-0.2, 0) is 0 Å². The van der Waals surface area contributed by atoms with E-state index in [1.54, 1.807) is 0 Å². The highest BCUT2D eigenvalue weighted by Crippen LogP contribution is 2.42. The van der Waals surface area contributed by atoms with Gasteiger partial charge in [0, 0.05) is 33.9 Å². The number of hydrogen-bond acceptors (Lipinski definition) is 2. The first kappa shape index (κ1) is 21.1. The molecule has 0 radical (unpaired) electrons. The van der Waals surface area contributed by atoms with Crippen molar-refractivity contribution in [2.45, 2.75) is 12.1 Å². The largest absolute Gasteiger partial charge is 0.351 e. The molecular formula is C28H21BrN4S. The van der Waals surface area contributed by atoms with Crippen LogP contribution >= 0.6 is 28.1 Å². The van der Waals surface area contributed by atoms with Crippen LogP contribution in [0.3, 0.4) is 0 Å². The topological polar surface area (TPSA) is 33.1 Å². The van der Waals surface area contributed by atoms with Gasteiger partial charge in [-0.3, -0.25) is 4.98 Å². The maximum atomic E-state index is 5.87. The molecule has 1 fully saturated rings. The van der Waals surface area contributed by atoms with Crippen molar-refractivity contribution in [1.29, 1.82) is 0 Å². The van der Waals surface area contributed by atoms with Crippen molar-refractivity contribution in [3.05, 3.63) is 125 Å². The lowest BCUT2D eigenvalue weighted by Crippen LogP contribution is -2.30. The van der Waals surface area contributed by atoms with Crippen LogP contribution < -0.4 is 10.2 Å². The minimum absolute atomic E-state index is 0.0787. The van der Waals surface area contributed by atoms with Crippen molar-refractivity contribution in [3.8, 4) is 5.69 Å². The molecule has 0 aliphatic carbocycles. The second-order valence-electron chi connectivity index (χ2n) is 8.31.